The molecule has 3 rings (SSSR count). The third-order valence-corrected chi connectivity index (χ3v) is 5.55. The Kier molecular flexibility index (Phi) is 7.26. The number of likely N-dealkylation sites (tertiary alicyclic amines) is 1. The molecule has 1 fully saturated rings. The Labute approximate surface area is 173 Å². The number of benzene rings is 2. The van der Waals surface area contributed by atoms with Gasteiger partial charge in [0.1, 0.15) is 0 Å². The van der Waals surface area contributed by atoms with Crippen LogP contribution in [0, 0.1) is 17.2 Å². The largest absolute Gasteiger partial charge is 0.376 e. The SMILES string of the molecule is CS(=O)(=O)Nc1cccc(CN2CCCC(COCc3ccc(C#N)cc3)C2)c1. The lowest BCUT2D eigenvalue weighted by atomic mass is 9.98. The second kappa shape index (κ2) is 9.88. The Morgan fingerprint density at radius 1 is 1.21 bits per heavy atom. The van der Waals surface area contributed by atoms with E-state index in [-0.39, 0.29) is 0 Å². The second-order valence-corrected chi connectivity index (χ2v) is 9.39. The van der Waals surface area contributed by atoms with Gasteiger partial charge in [-0.25, -0.2) is 8.42 Å². The van der Waals surface area contributed by atoms with Crippen molar-refractivity contribution in [2.75, 3.05) is 30.7 Å². The Morgan fingerprint density at radius 3 is 2.72 bits per heavy atom. The van der Waals surface area contributed by atoms with Crippen LogP contribution in [0.15, 0.2) is 48.5 Å². The number of nitrogens with one attached hydrogen (secondary N) is 1. The molecule has 1 atom stereocenters. The van der Waals surface area contributed by atoms with Gasteiger partial charge in [-0.1, -0.05) is 24.3 Å². The molecule has 1 aliphatic heterocycles. The van der Waals surface area contributed by atoms with E-state index in [9.17, 15) is 8.42 Å². The van der Waals surface area contributed by atoms with Crippen LogP contribution in [-0.2, 0) is 27.9 Å². The van der Waals surface area contributed by atoms with E-state index >= 15 is 0 Å². The average Bonchev–Trinajstić information content (AvgIpc) is 2.68. The van der Waals surface area contributed by atoms with Gasteiger partial charge in [0.25, 0.3) is 0 Å². The van der Waals surface area contributed by atoms with E-state index in [4.69, 9.17) is 10.00 Å². The molecule has 0 aromatic heterocycles. The predicted octanol–water partition coefficient (Wildman–Crippen LogP) is 3.36. The van der Waals surface area contributed by atoms with E-state index in [1.807, 2.05) is 42.5 Å². The van der Waals surface area contributed by atoms with Gasteiger partial charge >= 0.3 is 0 Å². The molecule has 29 heavy (non-hydrogen) atoms. The molecule has 1 heterocycles. The van der Waals surface area contributed by atoms with Gasteiger partial charge in [0.05, 0.1) is 31.1 Å². The molecule has 6 nitrogen and oxygen atoms in total. The highest BCUT2D eigenvalue weighted by Crippen LogP contribution is 2.21. The lowest BCUT2D eigenvalue weighted by molar-refractivity contribution is 0.0497. The lowest BCUT2D eigenvalue weighted by Crippen LogP contribution is -2.36. The molecular formula is C22H27N3O3S. The fraction of sp³-hybridized carbons (Fsp3) is 0.409. The number of hydrogen-bond acceptors (Lipinski definition) is 5. The minimum Gasteiger partial charge on any atom is -0.376 e. The molecule has 1 aliphatic rings. The molecular weight excluding hydrogens is 386 g/mol. The molecule has 0 radical (unpaired) electrons. The molecule has 1 saturated heterocycles. The van der Waals surface area contributed by atoms with Gasteiger partial charge in [0, 0.05) is 18.8 Å². The van der Waals surface area contributed by atoms with Crippen LogP contribution >= 0.6 is 0 Å². The van der Waals surface area contributed by atoms with Crippen molar-refractivity contribution < 1.29 is 13.2 Å². The summed E-state index contributed by atoms with van der Waals surface area (Å²) in [7, 11) is -3.27. The second-order valence-electron chi connectivity index (χ2n) is 7.64. The first kappa shape index (κ1) is 21.3. The molecule has 7 heteroatoms. The standard InChI is InChI=1S/C22H27N3O3S/c1-29(26,27)24-22-6-2-4-20(12-22)14-25-11-3-5-21(15-25)17-28-16-19-9-7-18(13-23)8-10-19/h2,4,6-10,12,21,24H,3,5,11,14-17H2,1H3. The molecule has 0 amide bonds. The normalized spacial score (nSPS) is 17.6. The number of hydrogen-bond donors (Lipinski definition) is 1. The van der Waals surface area contributed by atoms with Gasteiger partial charge in [-0.15, -0.1) is 0 Å². The smallest absolute Gasteiger partial charge is 0.229 e. The van der Waals surface area contributed by atoms with Crippen LogP contribution in [0.5, 0.6) is 0 Å². The zero-order chi connectivity index (χ0) is 20.7. The summed E-state index contributed by atoms with van der Waals surface area (Å²) in [5.74, 6) is 0.486. The number of sulfonamides is 1. The van der Waals surface area contributed by atoms with Crippen molar-refractivity contribution >= 4 is 15.7 Å². The van der Waals surface area contributed by atoms with Crippen LogP contribution in [0.2, 0.25) is 0 Å². The monoisotopic (exact) mass is 413 g/mol. The quantitative estimate of drug-likeness (QED) is 0.718. The first-order chi connectivity index (χ1) is 13.9. The van der Waals surface area contributed by atoms with E-state index in [1.165, 1.54) is 0 Å². The first-order valence-corrected chi connectivity index (χ1v) is 11.7. The minimum absolute atomic E-state index is 0.486. The molecule has 0 bridgehead atoms. The number of nitrogens with zero attached hydrogens (tertiary/aromatic N) is 2. The van der Waals surface area contributed by atoms with Crippen molar-refractivity contribution in [2.24, 2.45) is 5.92 Å². The third-order valence-electron chi connectivity index (χ3n) is 4.94. The summed E-state index contributed by atoms with van der Waals surface area (Å²) in [6, 6.07) is 17.2. The molecule has 1 unspecified atom stereocenters. The summed E-state index contributed by atoms with van der Waals surface area (Å²) in [6.45, 7) is 4.08. The average molecular weight is 414 g/mol. The number of anilines is 1. The summed E-state index contributed by atoms with van der Waals surface area (Å²) in [5, 5.41) is 8.85. The number of nitriles is 1. The van der Waals surface area contributed by atoms with Crippen LogP contribution in [0.3, 0.4) is 0 Å². The van der Waals surface area contributed by atoms with Gasteiger partial charge < -0.3 is 4.74 Å². The number of rotatable bonds is 8. The molecule has 154 valence electrons. The zero-order valence-electron chi connectivity index (χ0n) is 16.7. The predicted molar refractivity (Wildman–Crippen MR) is 114 cm³/mol. The first-order valence-electron chi connectivity index (χ1n) is 9.77. The van der Waals surface area contributed by atoms with Gasteiger partial charge in [-0.2, -0.15) is 5.26 Å². The van der Waals surface area contributed by atoms with Crippen LogP contribution in [0.1, 0.15) is 29.5 Å². The zero-order valence-corrected chi connectivity index (χ0v) is 17.5. The highest BCUT2D eigenvalue weighted by atomic mass is 32.2. The Balaban J connectivity index is 1.47. The van der Waals surface area contributed by atoms with Crippen LogP contribution in [-0.4, -0.2) is 39.3 Å². The number of ether oxygens (including phenoxy) is 1. The fourth-order valence-corrected chi connectivity index (χ4v) is 4.21. The maximum atomic E-state index is 11.4. The lowest BCUT2D eigenvalue weighted by Gasteiger charge is -2.32. The summed E-state index contributed by atoms with van der Waals surface area (Å²) >= 11 is 0. The summed E-state index contributed by atoms with van der Waals surface area (Å²) in [5.41, 5.74) is 3.43. The highest BCUT2D eigenvalue weighted by Gasteiger charge is 2.20. The van der Waals surface area contributed by atoms with Crippen LogP contribution in [0.25, 0.3) is 0 Å². The summed E-state index contributed by atoms with van der Waals surface area (Å²) in [6.07, 6.45) is 3.44. The minimum atomic E-state index is -3.27. The molecule has 0 saturated carbocycles. The van der Waals surface area contributed by atoms with Crippen molar-refractivity contribution in [3.05, 3.63) is 65.2 Å². The van der Waals surface area contributed by atoms with Gasteiger partial charge in [0.2, 0.25) is 10.0 Å². The van der Waals surface area contributed by atoms with Crippen molar-refractivity contribution in [3.8, 4) is 6.07 Å². The number of piperidine rings is 1. The van der Waals surface area contributed by atoms with Gasteiger partial charge in [-0.05, 0) is 60.7 Å². The van der Waals surface area contributed by atoms with E-state index in [2.05, 4.69) is 15.7 Å². The fourth-order valence-electron chi connectivity index (χ4n) is 3.66. The Bertz CT molecular complexity index is 952. The molecule has 2 aromatic rings. The van der Waals surface area contributed by atoms with Gasteiger partial charge in [-0.3, -0.25) is 9.62 Å². The third kappa shape index (κ3) is 7.17. The maximum Gasteiger partial charge on any atom is 0.229 e. The van der Waals surface area contributed by atoms with E-state index in [1.54, 1.807) is 6.07 Å². The molecule has 2 aromatic carbocycles. The van der Waals surface area contributed by atoms with Crippen LogP contribution < -0.4 is 4.72 Å². The Morgan fingerprint density at radius 2 is 2.00 bits per heavy atom. The van der Waals surface area contributed by atoms with Gasteiger partial charge in [0.15, 0.2) is 0 Å². The van der Waals surface area contributed by atoms with Crippen molar-refractivity contribution in [3.63, 3.8) is 0 Å². The summed E-state index contributed by atoms with van der Waals surface area (Å²) < 4.78 is 31.3. The van der Waals surface area contributed by atoms with Crippen molar-refractivity contribution in [1.82, 2.24) is 4.90 Å². The Hall–Kier alpha value is -2.40. The van der Waals surface area contributed by atoms with E-state index in [0.717, 1.165) is 49.9 Å². The topological polar surface area (TPSA) is 82.4 Å². The molecule has 1 N–H and O–H groups in total. The van der Waals surface area contributed by atoms with E-state index in [0.29, 0.717) is 30.4 Å². The van der Waals surface area contributed by atoms with Crippen molar-refractivity contribution in [1.29, 1.82) is 5.26 Å². The maximum absolute atomic E-state index is 11.4. The summed E-state index contributed by atoms with van der Waals surface area (Å²) in [4.78, 5) is 2.40. The van der Waals surface area contributed by atoms with E-state index < -0.39 is 10.0 Å². The van der Waals surface area contributed by atoms with Crippen LogP contribution in [0.4, 0.5) is 5.69 Å². The molecule has 0 spiro atoms. The van der Waals surface area contributed by atoms with Crippen molar-refractivity contribution in [2.45, 2.75) is 26.0 Å². The highest BCUT2D eigenvalue weighted by molar-refractivity contribution is 7.92. The molecule has 0 aliphatic carbocycles.